The van der Waals surface area contributed by atoms with Gasteiger partial charge in [-0.2, -0.15) is 0 Å². The smallest absolute Gasteiger partial charge is 0.257 e. The molecule has 0 bridgehead atoms. The lowest BCUT2D eigenvalue weighted by molar-refractivity contribution is 0.102. The highest BCUT2D eigenvalue weighted by Gasteiger charge is 2.13. The lowest BCUT2D eigenvalue weighted by Gasteiger charge is -2.02. The van der Waals surface area contributed by atoms with Crippen LogP contribution in [0.5, 0.6) is 5.75 Å². The molecule has 1 heterocycles. The molecule has 0 atom stereocenters. The molecule has 1 aromatic heterocycles. The molecule has 0 spiro atoms. The first-order chi connectivity index (χ1) is 11.0. The second kappa shape index (κ2) is 6.53. The van der Waals surface area contributed by atoms with E-state index in [-0.39, 0.29) is 5.91 Å². The molecule has 0 saturated carbocycles. The minimum atomic E-state index is -0.319. The lowest BCUT2D eigenvalue weighted by atomic mass is 10.2. The van der Waals surface area contributed by atoms with Gasteiger partial charge in [-0.3, -0.25) is 10.1 Å². The zero-order chi connectivity index (χ0) is 16.6. The van der Waals surface area contributed by atoms with Crippen LogP contribution < -0.4 is 10.1 Å². The number of rotatable bonds is 3. The van der Waals surface area contributed by atoms with Gasteiger partial charge in [-0.05, 0) is 24.3 Å². The number of benzene rings is 2. The van der Waals surface area contributed by atoms with Crippen molar-refractivity contribution >= 4 is 67.4 Å². The Hall–Kier alpha value is -1.53. The van der Waals surface area contributed by atoms with Gasteiger partial charge in [-0.15, -0.1) is 0 Å². The SMILES string of the molecule is COc1cc2sc(NC(=O)c3ccc(Cl)c(Cl)c3)nc2cc1Cl. The van der Waals surface area contributed by atoms with E-state index in [1.165, 1.54) is 17.4 Å². The highest BCUT2D eigenvalue weighted by atomic mass is 35.5. The largest absolute Gasteiger partial charge is 0.495 e. The molecule has 0 fully saturated rings. The average Bonchev–Trinajstić information content (AvgIpc) is 2.89. The van der Waals surface area contributed by atoms with E-state index in [1.807, 2.05) is 0 Å². The Morgan fingerprint density at radius 2 is 1.91 bits per heavy atom. The van der Waals surface area contributed by atoms with Gasteiger partial charge < -0.3 is 4.74 Å². The van der Waals surface area contributed by atoms with E-state index >= 15 is 0 Å². The van der Waals surface area contributed by atoms with E-state index in [0.717, 1.165) is 4.70 Å². The average molecular weight is 388 g/mol. The Labute approximate surface area is 150 Å². The van der Waals surface area contributed by atoms with Crippen molar-refractivity contribution in [1.29, 1.82) is 0 Å². The van der Waals surface area contributed by atoms with Gasteiger partial charge in [0.1, 0.15) is 5.75 Å². The first-order valence-corrected chi connectivity index (χ1v) is 8.33. The van der Waals surface area contributed by atoms with Crippen molar-refractivity contribution in [2.45, 2.75) is 0 Å². The number of aromatic nitrogens is 1. The number of hydrogen-bond donors (Lipinski definition) is 1. The fraction of sp³-hybridized carbons (Fsp3) is 0.0667. The number of carbonyl (C=O) groups is 1. The van der Waals surface area contributed by atoms with Gasteiger partial charge in [0.2, 0.25) is 0 Å². The predicted octanol–water partition coefficient (Wildman–Crippen LogP) is 5.52. The monoisotopic (exact) mass is 386 g/mol. The van der Waals surface area contributed by atoms with E-state index in [0.29, 0.717) is 37.0 Å². The topological polar surface area (TPSA) is 51.2 Å². The molecule has 0 aliphatic carbocycles. The molecule has 0 aliphatic rings. The van der Waals surface area contributed by atoms with Gasteiger partial charge in [-0.1, -0.05) is 46.1 Å². The zero-order valence-corrected chi connectivity index (χ0v) is 14.8. The number of methoxy groups -OCH3 is 1. The van der Waals surface area contributed by atoms with Crippen LogP contribution in [0, 0.1) is 0 Å². The summed E-state index contributed by atoms with van der Waals surface area (Å²) in [4.78, 5) is 16.6. The number of carbonyl (C=O) groups excluding carboxylic acids is 1. The third-order valence-electron chi connectivity index (χ3n) is 3.06. The van der Waals surface area contributed by atoms with E-state index in [9.17, 15) is 4.79 Å². The van der Waals surface area contributed by atoms with E-state index in [1.54, 1.807) is 31.4 Å². The van der Waals surface area contributed by atoms with E-state index in [2.05, 4.69) is 10.3 Å². The molecule has 118 valence electrons. The Morgan fingerprint density at radius 1 is 1.13 bits per heavy atom. The van der Waals surface area contributed by atoms with Crippen LogP contribution in [0.2, 0.25) is 15.1 Å². The number of fused-ring (bicyclic) bond motifs is 1. The second-order valence-corrected chi connectivity index (χ2v) is 6.81. The molecular formula is C15H9Cl3N2O2S. The van der Waals surface area contributed by atoms with Crippen molar-refractivity contribution in [3.05, 3.63) is 51.0 Å². The Kier molecular flexibility index (Phi) is 4.64. The molecule has 0 unspecified atom stereocenters. The maximum absolute atomic E-state index is 12.2. The van der Waals surface area contributed by atoms with Crippen LogP contribution in [0.3, 0.4) is 0 Å². The van der Waals surface area contributed by atoms with E-state index < -0.39 is 0 Å². The third kappa shape index (κ3) is 3.38. The Bertz CT molecular complexity index is 911. The Balaban J connectivity index is 1.88. The summed E-state index contributed by atoms with van der Waals surface area (Å²) in [6, 6.07) is 8.15. The van der Waals surface area contributed by atoms with Crippen molar-refractivity contribution in [2.24, 2.45) is 0 Å². The summed E-state index contributed by atoms with van der Waals surface area (Å²) in [5.41, 5.74) is 1.08. The van der Waals surface area contributed by atoms with Crippen LogP contribution in [0.15, 0.2) is 30.3 Å². The second-order valence-electron chi connectivity index (χ2n) is 4.56. The van der Waals surface area contributed by atoms with Gasteiger partial charge in [0.15, 0.2) is 5.13 Å². The molecule has 1 amide bonds. The van der Waals surface area contributed by atoms with Crippen molar-refractivity contribution in [2.75, 3.05) is 12.4 Å². The van der Waals surface area contributed by atoms with Gasteiger partial charge >= 0.3 is 0 Å². The Morgan fingerprint density at radius 3 is 2.61 bits per heavy atom. The lowest BCUT2D eigenvalue weighted by Crippen LogP contribution is -2.11. The summed E-state index contributed by atoms with van der Waals surface area (Å²) < 4.78 is 6.03. The molecule has 3 rings (SSSR count). The molecule has 3 aromatic rings. The summed E-state index contributed by atoms with van der Waals surface area (Å²) in [6.07, 6.45) is 0. The molecule has 23 heavy (non-hydrogen) atoms. The van der Waals surface area contributed by atoms with Crippen molar-refractivity contribution in [3.63, 3.8) is 0 Å². The van der Waals surface area contributed by atoms with Gasteiger partial charge in [0, 0.05) is 11.6 Å². The number of halogens is 3. The summed E-state index contributed by atoms with van der Waals surface area (Å²) in [7, 11) is 1.54. The zero-order valence-electron chi connectivity index (χ0n) is 11.7. The fourth-order valence-electron chi connectivity index (χ4n) is 1.95. The van der Waals surface area contributed by atoms with Crippen molar-refractivity contribution < 1.29 is 9.53 Å². The number of ether oxygens (including phenoxy) is 1. The molecule has 8 heteroatoms. The number of amides is 1. The normalized spacial score (nSPS) is 10.8. The number of thiazole rings is 1. The van der Waals surface area contributed by atoms with Crippen LogP contribution in [0.4, 0.5) is 5.13 Å². The van der Waals surface area contributed by atoms with Crippen LogP contribution in [0.25, 0.3) is 10.2 Å². The summed E-state index contributed by atoms with van der Waals surface area (Å²) in [6.45, 7) is 0. The quantitative estimate of drug-likeness (QED) is 0.644. The summed E-state index contributed by atoms with van der Waals surface area (Å²) in [5.74, 6) is 0.242. The van der Waals surface area contributed by atoms with Gasteiger partial charge in [0.05, 0.1) is 32.4 Å². The van der Waals surface area contributed by atoms with Crippen LogP contribution in [-0.2, 0) is 0 Å². The van der Waals surface area contributed by atoms with E-state index in [4.69, 9.17) is 39.5 Å². The fourth-order valence-corrected chi connectivity index (χ4v) is 3.35. The molecule has 4 nitrogen and oxygen atoms in total. The molecular weight excluding hydrogens is 379 g/mol. The number of nitrogens with one attached hydrogen (secondary N) is 1. The first kappa shape index (κ1) is 16.3. The van der Waals surface area contributed by atoms with Crippen molar-refractivity contribution in [1.82, 2.24) is 4.98 Å². The summed E-state index contributed by atoms with van der Waals surface area (Å²) in [5, 5.41) is 4.37. The van der Waals surface area contributed by atoms with Crippen molar-refractivity contribution in [3.8, 4) is 5.75 Å². The molecule has 1 N–H and O–H groups in total. The molecule has 0 aliphatic heterocycles. The first-order valence-electron chi connectivity index (χ1n) is 6.38. The van der Waals surface area contributed by atoms with Crippen LogP contribution in [0.1, 0.15) is 10.4 Å². The minimum absolute atomic E-state index is 0.319. The maximum Gasteiger partial charge on any atom is 0.257 e. The van der Waals surface area contributed by atoms with Gasteiger partial charge in [-0.25, -0.2) is 4.98 Å². The van der Waals surface area contributed by atoms with Crippen LogP contribution >= 0.6 is 46.1 Å². The third-order valence-corrected chi connectivity index (χ3v) is 5.03. The number of nitrogens with zero attached hydrogens (tertiary/aromatic N) is 1. The molecule has 0 radical (unpaired) electrons. The van der Waals surface area contributed by atoms with Crippen LogP contribution in [-0.4, -0.2) is 18.0 Å². The molecule has 0 saturated heterocycles. The minimum Gasteiger partial charge on any atom is -0.495 e. The maximum atomic E-state index is 12.2. The number of anilines is 1. The molecule has 2 aromatic carbocycles. The summed E-state index contributed by atoms with van der Waals surface area (Å²) >= 11 is 19.2. The highest BCUT2D eigenvalue weighted by molar-refractivity contribution is 7.22. The van der Waals surface area contributed by atoms with Gasteiger partial charge in [0.25, 0.3) is 5.91 Å². The predicted molar refractivity (Wildman–Crippen MR) is 95.6 cm³/mol. The number of hydrogen-bond acceptors (Lipinski definition) is 4. The highest BCUT2D eigenvalue weighted by Crippen LogP contribution is 2.34. The standard InChI is InChI=1S/C15H9Cl3N2O2S/c1-22-12-6-13-11(5-10(12)18)19-15(23-13)20-14(21)7-2-3-8(16)9(17)4-7/h2-6H,1H3,(H,19,20,21).